The molecule has 0 aromatic carbocycles. The zero-order chi connectivity index (χ0) is 47.2. The molecule has 374 valence electrons. The first-order chi connectivity index (χ1) is 32.0. The van der Waals surface area contributed by atoms with Gasteiger partial charge in [0.1, 0.15) is 13.2 Å². The lowest BCUT2D eigenvalue weighted by molar-refractivity contribution is -0.167. The highest BCUT2D eigenvalue weighted by Crippen LogP contribution is 2.16. The van der Waals surface area contributed by atoms with Crippen LogP contribution >= 0.6 is 0 Å². The summed E-state index contributed by atoms with van der Waals surface area (Å²) in [6.45, 7) is 6.46. The Morgan fingerprint density at radius 2 is 0.600 bits per heavy atom. The molecule has 0 aromatic rings. The molecule has 0 rings (SSSR count). The Kier molecular flexibility index (Phi) is 50.9. The van der Waals surface area contributed by atoms with Crippen LogP contribution in [0.3, 0.4) is 0 Å². The molecule has 6 nitrogen and oxygen atoms in total. The van der Waals surface area contributed by atoms with Crippen molar-refractivity contribution in [1.29, 1.82) is 0 Å². The van der Waals surface area contributed by atoms with Crippen LogP contribution in [0.4, 0.5) is 0 Å². The lowest BCUT2D eigenvalue weighted by atomic mass is 10.0. The smallest absolute Gasteiger partial charge is 0.306 e. The van der Waals surface area contributed by atoms with E-state index in [1.54, 1.807) is 0 Å². The van der Waals surface area contributed by atoms with Gasteiger partial charge in [0.05, 0.1) is 0 Å². The van der Waals surface area contributed by atoms with Gasteiger partial charge in [-0.15, -0.1) is 0 Å². The first-order valence-electron chi connectivity index (χ1n) is 27.5. The summed E-state index contributed by atoms with van der Waals surface area (Å²) in [5.74, 6) is -0.904. The van der Waals surface area contributed by atoms with E-state index in [-0.39, 0.29) is 31.1 Å². The van der Waals surface area contributed by atoms with Crippen LogP contribution in [0.25, 0.3) is 0 Å². The van der Waals surface area contributed by atoms with Gasteiger partial charge in [-0.05, 0) is 64.2 Å². The summed E-state index contributed by atoms with van der Waals surface area (Å²) in [6, 6.07) is 0. The van der Waals surface area contributed by atoms with Crippen LogP contribution in [-0.4, -0.2) is 37.2 Å². The molecule has 0 spiro atoms. The molecule has 0 saturated heterocycles. The molecule has 0 saturated carbocycles. The predicted octanol–water partition coefficient (Wildman–Crippen LogP) is 18.2. The average molecular weight is 907 g/mol. The monoisotopic (exact) mass is 907 g/mol. The Morgan fingerprint density at radius 1 is 0.323 bits per heavy atom. The molecule has 0 aliphatic rings. The van der Waals surface area contributed by atoms with Crippen molar-refractivity contribution in [2.75, 3.05) is 13.2 Å². The molecule has 0 amide bonds. The van der Waals surface area contributed by atoms with Crippen molar-refractivity contribution in [2.24, 2.45) is 0 Å². The third-order valence-corrected chi connectivity index (χ3v) is 11.8. The molecule has 0 bridgehead atoms. The highest BCUT2D eigenvalue weighted by Gasteiger charge is 2.19. The summed E-state index contributed by atoms with van der Waals surface area (Å²) < 4.78 is 16.8. The molecule has 0 aliphatic heterocycles. The van der Waals surface area contributed by atoms with E-state index >= 15 is 0 Å². The van der Waals surface area contributed by atoms with Crippen molar-refractivity contribution in [1.82, 2.24) is 0 Å². The third kappa shape index (κ3) is 51.7. The highest BCUT2D eigenvalue weighted by molar-refractivity contribution is 5.71. The van der Waals surface area contributed by atoms with Crippen LogP contribution in [-0.2, 0) is 28.6 Å². The summed E-state index contributed by atoms with van der Waals surface area (Å²) in [5, 5.41) is 0. The average Bonchev–Trinajstić information content (AvgIpc) is 3.30. The normalized spacial score (nSPS) is 12.6. The molecule has 1 atom stereocenters. The highest BCUT2D eigenvalue weighted by atomic mass is 16.6. The molecular formula is C59H102O6. The Balaban J connectivity index is 4.38. The molecule has 0 fully saturated rings. The number of allylic oxidation sites excluding steroid dienone is 12. The maximum absolute atomic E-state index is 12.8. The SMILES string of the molecule is CC\C=C/C=C\C=C/C=C\CCCCCCCC(=O)OC(COC(=O)CCCCCCCCCCCC/C=C\C=C/CCCCC)COC(=O)CCCCCCCCCCCCCCC. The van der Waals surface area contributed by atoms with Crippen LogP contribution in [0.1, 0.15) is 265 Å². The van der Waals surface area contributed by atoms with Crippen molar-refractivity contribution in [2.45, 2.75) is 271 Å². The number of hydrogen-bond donors (Lipinski definition) is 0. The summed E-state index contributed by atoms with van der Waals surface area (Å²) in [7, 11) is 0. The molecule has 0 heterocycles. The van der Waals surface area contributed by atoms with Crippen molar-refractivity contribution in [3.8, 4) is 0 Å². The van der Waals surface area contributed by atoms with Crippen molar-refractivity contribution in [3.63, 3.8) is 0 Å². The number of carbonyl (C=O) groups is 3. The Hall–Kier alpha value is -3.15. The van der Waals surface area contributed by atoms with Crippen LogP contribution in [0.15, 0.2) is 72.9 Å². The van der Waals surface area contributed by atoms with Crippen LogP contribution in [0.5, 0.6) is 0 Å². The number of hydrogen-bond acceptors (Lipinski definition) is 6. The second-order valence-electron chi connectivity index (χ2n) is 18.2. The minimum Gasteiger partial charge on any atom is -0.462 e. The van der Waals surface area contributed by atoms with Gasteiger partial charge < -0.3 is 14.2 Å². The van der Waals surface area contributed by atoms with E-state index in [1.807, 2.05) is 18.2 Å². The van der Waals surface area contributed by atoms with Crippen molar-refractivity contribution in [3.05, 3.63) is 72.9 Å². The van der Waals surface area contributed by atoms with Gasteiger partial charge >= 0.3 is 17.9 Å². The van der Waals surface area contributed by atoms with Crippen LogP contribution in [0, 0.1) is 0 Å². The Bertz CT molecular complexity index is 1230. The van der Waals surface area contributed by atoms with Gasteiger partial charge in [-0.1, -0.05) is 254 Å². The van der Waals surface area contributed by atoms with E-state index in [1.165, 1.54) is 141 Å². The maximum Gasteiger partial charge on any atom is 0.306 e. The largest absolute Gasteiger partial charge is 0.462 e. The molecular weight excluding hydrogens is 805 g/mol. The lowest BCUT2D eigenvalue weighted by Gasteiger charge is -2.18. The quantitative estimate of drug-likeness (QED) is 0.0262. The Labute approximate surface area is 402 Å². The number of rotatable bonds is 49. The van der Waals surface area contributed by atoms with Gasteiger partial charge in [0.25, 0.3) is 0 Å². The zero-order valence-corrected chi connectivity index (χ0v) is 42.7. The van der Waals surface area contributed by atoms with Gasteiger partial charge in [0.15, 0.2) is 6.10 Å². The standard InChI is InChI=1S/C59H102O6/c1-4-7-10-13-16-19-22-25-27-28-29-30-32-34-37-40-43-46-49-52-58(61)64-55-56(54-63-57(60)51-48-45-42-39-36-33-24-21-18-15-12-9-6-3)65-59(62)53-50-47-44-41-38-35-31-26-23-20-17-14-11-8-5-2/h8,11,14,16-17,19-20,22-23,25-26,31,56H,4-7,9-10,12-13,15,18,21,24,27-30,32-55H2,1-3H3/b11-8-,17-14-,19-16-,23-20-,25-22-,31-26-. The number of carbonyl (C=O) groups excluding carboxylic acids is 3. The van der Waals surface area contributed by atoms with E-state index in [4.69, 9.17) is 14.2 Å². The molecule has 0 aliphatic carbocycles. The number of unbranched alkanes of at least 4 members (excludes halogenated alkanes) is 30. The first kappa shape index (κ1) is 61.9. The molecule has 0 aromatic heterocycles. The van der Waals surface area contributed by atoms with Gasteiger partial charge in [0.2, 0.25) is 0 Å². The van der Waals surface area contributed by atoms with E-state index in [9.17, 15) is 14.4 Å². The van der Waals surface area contributed by atoms with E-state index in [0.717, 1.165) is 83.5 Å². The van der Waals surface area contributed by atoms with Gasteiger partial charge in [-0.2, -0.15) is 0 Å². The molecule has 1 unspecified atom stereocenters. The Morgan fingerprint density at radius 3 is 0.985 bits per heavy atom. The maximum atomic E-state index is 12.8. The second kappa shape index (κ2) is 53.5. The summed E-state index contributed by atoms with van der Waals surface area (Å²) in [6.07, 6.45) is 67.4. The number of esters is 3. The molecule has 0 N–H and O–H groups in total. The third-order valence-electron chi connectivity index (χ3n) is 11.8. The fraction of sp³-hybridized carbons (Fsp3) is 0.746. The van der Waals surface area contributed by atoms with E-state index < -0.39 is 6.10 Å². The number of ether oxygens (including phenoxy) is 3. The topological polar surface area (TPSA) is 78.9 Å². The molecule has 0 radical (unpaired) electrons. The molecule has 65 heavy (non-hydrogen) atoms. The fourth-order valence-electron chi connectivity index (χ4n) is 7.68. The zero-order valence-electron chi connectivity index (χ0n) is 42.7. The lowest BCUT2D eigenvalue weighted by Crippen LogP contribution is -2.30. The minimum absolute atomic E-state index is 0.0842. The van der Waals surface area contributed by atoms with Gasteiger partial charge in [-0.3, -0.25) is 14.4 Å². The van der Waals surface area contributed by atoms with Crippen molar-refractivity contribution < 1.29 is 28.6 Å². The fourth-order valence-corrected chi connectivity index (χ4v) is 7.68. The predicted molar refractivity (Wildman–Crippen MR) is 279 cm³/mol. The van der Waals surface area contributed by atoms with Gasteiger partial charge in [0, 0.05) is 19.3 Å². The van der Waals surface area contributed by atoms with E-state index in [0.29, 0.717) is 19.3 Å². The van der Waals surface area contributed by atoms with E-state index in [2.05, 4.69) is 75.5 Å². The second-order valence-corrected chi connectivity index (χ2v) is 18.2. The van der Waals surface area contributed by atoms with Crippen LogP contribution in [0.2, 0.25) is 0 Å². The first-order valence-corrected chi connectivity index (χ1v) is 27.5. The summed E-state index contributed by atoms with van der Waals surface area (Å²) >= 11 is 0. The van der Waals surface area contributed by atoms with Crippen LogP contribution < -0.4 is 0 Å². The van der Waals surface area contributed by atoms with Crippen molar-refractivity contribution >= 4 is 17.9 Å². The molecule has 6 heteroatoms. The minimum atomic E-state index is -0.787. The summed E-state index contributed by atoms with van der Waals surface area (Å²) in [5.41, 5.74) is 0. The summed E-state index contributed by atoms with van der Waals surface area (Å²) in [4.78, 5) is 38.1. The van der Waals surface area contributed by atoms with Gasteiger partial charge in [-0.25, -0.2) is 0 Å².